The van der Waals surface area contributed by atoms with Crippen molar-refractivity contribution in [2.45, 2.75) is 12.5 Å². The second-order valence-electron chi connectivity index (χ2n) is 7.33. The third-order valence-corrected chi connectivity index (χ3v) is 5.35. The Bertz CT molecular complexity index is 1050. The van der Waals surface area contributed by atoms with Crippen molar-refractivity contribution >= 4 is 16.7 Å². The molecule has 0 aliphatic carbocycles. The van der Waals surface area contributed by atoms with Crippen LogP contribution in [0.15, 0.2) is 54.6 Å². The first kappa shape index (κ1) is 20.3. The number of morpholine rings is 1. The first-order valence-corrected chi connectivity index (χ1v) is 10.1. The fourth-order valence-corrected chi connectivity index (χ4v) is 3.80. The molecule has 2 N–H and O–H groups in total. The van der Waals surface area contributed by atoms with Gasteiger partial charge in [-0.3, -0.25) is 4.79 Å². The molecule has 1 saturated heterocycles. The van der Waals surface area contributed by atoms with Gasteiger partial charge in [0.1, 0.15) is 11.6 Å². The van der Waals surface area contributed by atoms with Crippen LogP contribution in [0.1, 0.15) is 16.8 Å². The molecule has 5 nitrogen and oxygen atoms in total. The summed E-state index contributed by atoms with van der Waals surface area (Å²) in [6.07, 6.45) is 0.921. The molecule has 3 aromatic carbocycles. The zero-order chi connectivity index (χ0) is 20.9. The number of ether oxygens (including phenoxy) is 2. The van der Waals surface area contributed by atoms with E-state index in [-0.39, 0.29) is 17.8 Å². The number of methoxy groups -OCH3 is 1. The topological polar surface area (TPSA) is 59.6 Å². The molecule has 0 aromatic heterocycles. The summed E-state index contributed by atoms with van der Waals surface area (Å²) < 4.78 is 24.6. The number of carbonyl (C=O) groups is 1. The molecule has 0 bridgehead atoms. The Hall–Kier alpha value is -2.96. The predicted molar refractivity (Wildman–Crippen MR) is 115 cm³/mol. The van der Waals surface area contributed by atoms with Crippen molar-refractivity contribution in [3.63, 3.8) is 0 Å². The van der Waals surface area contributed by atoms with Crippen molar-refractivity contribution in [3.8, 4) is 16.9 Å². The van der Waals surface area contributed by atoms with Crippen LogP contribution in [0, 0.1) is 5.82 Å². The van der Waals surface area contributed by atoms with Crippen LogP contribution in [0.25, 0.3) is 21.9 Å². The first-order chi connectivity index (χ1) is 14.7. The van der Waals surface area contributed by atoms with Gasteiger partial charge >= 0.3 is 0 Å². The van der Waals surface area contributed by atoms with Crippen molar-refractivity contribution < 1.29 is 18.7 Å². The Labute approximate surface area is 175 Å². The number of benzene rings is 3. The van der Waals surface area contributed by atoms with E-state index in [0.717, 1.165) is 41.4 Å². The maximum atomic E-state index is 13.6. The van der Waals surface area contributed by atoms with Gasteiger partial charge in [-0.25, -0.2) is 4.39 Å². The number of hydrogen-bond acceptors (Lipinski definition) is 4. The van der Waals surface area contributed by atoms with Gasteiger partial charge in [-0.2, -0.15) is 0 Å². The van der Waals surface area contributed by atoms with Gasteiger partial charge in [0, 0.05) is 36.8 Å². The van der Waals surface area contributed by atoms with Crippen LogP contribution in [-0.2, 0) is 4.74 Å². The second-order valence-corrected chi connectivity index (χ2v) is 7.33. The number of nitrogens with one attached hydrogen (secondary N) is 2. The lowest BCUT2D eigenvalue weighted by molar-refractivity contribution is 0.0239. The lowest BCUT2D eigenvalue weighted by Crippen LogP contribution is -2.40. The summed E-state index contributed by atoms with van der Waals surface area (Å²) in [6, 6.07) is 16.0. The molecule has 156 valence electrons. The van der Waals surface area contributed by atoms with E-state index in [9.17, 15) is 9.18 Å². The van der Waals surface area contributed by atoms with Gasteiger partial charge in [-0.1, -0.05) is 24.3 Å². The molecule has 30 heavy (non-hydrogen) atoms. The molecule has 1 heterocycles. The van der Waals surface area contributed by atoms with Crippen molar-refractivity contribution in [1.82, 2.24) is 10.6 Å². The summed E-state index contributed by atoms with van der Waals surface area (Å²) in [5.74, 6) is 0.0263. The van der Waals surface area contributed by atoms with E-state index in [0.29, 0.717) is 24.5 Å². The van der Waals surface area contributed by atoms with Crippen LogP contribution < -0.4 is 15.4 Å². The number of carbonyl (C=O) groups excluding carboxylic acids is 1. The number of amides is 1. The van der Waals surface area contributed by atoms with Crippen LogP contribution >= 0.6 is 0 Å². The lowest BCUT2D eigenvalue weighted by Gasteiger charge is -2.23. The Kier molecular flexibility index (Phi) is 6.26. The Morgan fingerprint density at radius 1 is 1.20 bits per heavy atom. The van der Waals surface area contributed by atoms with E-state index < -0.39 is 0 Å². The summed E-state index contributed by atoms with van der Waals surface area (Å²) in [4.78, 5) is 12.6. The van der Waals surface area contributed by atoms with Crippen molar-refractivity contribution in [2.75, 3.05) is 33.4 Å². The predicted octanol–water partition coefficient (Wildman–Crippen LogP) is 3.76. The van der Waals surface area contributed by atoms with E-state index in [1.165, 1.54) is 19.2 Å². The minimum absolute atomic E-state index is 0.106. The minimum Gasteiger partial charge on any atom is -0.496 e. The summed E-state index contributed by atoms with van der Waals surface area (Å²) in [6.45, 7) is 2.98. The molecular formula is C24H25FN2O3. The van der Waals surface area contributed by atoms with E-state index in [1.54, 1.807) is 6.07 Å². The molecule has 3 aromatic rings. The lowest BCUT2D eigenvalue weighted by atomic mass is 9.96. The average molecular weight is 408 g/mol. The SMILES string of the molecule is COc1cc(F)ccc1-c1cccc2cc(C(=O)NCCC3CNCCO3)ccc12. The molecule has 0 spiro atoms. The highest BCUT2D eigenvalue weighted by Gasteiger charge is 2.15. The highest BCUT2D eigenvalue weighted by Crippen LogP contribution is 2.35. The van der Waals surface area contributed by atoms with Gasteiger partial charge in [-0.15, -0.1) is 0 Å². The highest BCUT2D eigenvalue weighted by atomic mass is 19.1. The van der Waals surface area contributed by atoms with Gasteiger partial charge in [0.05, 0.1) is 19.8 Å². The first-order valence-electron chi connectivity index (χ1n) is 10.1. The maximum absolute atomic E-state index is 13.6. The molecule has 4 rings (SSSR count). The molecule has 1 fully saturated rings. The molecule has 0 saturated carbocycles. The van der Waals surface area contributed by atoms with Gasteiger partial charge < -0.3 is 20.1 Å². The third kappa shape index (κ3) is 4.45. The standard InChI is InChI=1S/C24H25FN2O3/c1-29-23-14-18(25)6-8-22(23)21-4-2-3-16-13-17(5-7-20(16)21)24(28)27-10-9-19-15-26-11-12-30-19/h2-8,13-14,19,26H,9-12,15H2,1H3,(H,27,28). The molecule has 1 aliphatic heterocycles. The molecule has 1 atom stereocenters. The van der Waals surface area contributed by atoms with E-state index in [4.69, 9.17) is 9.47 Å². The molecule has 6 heteroatoms. The molecule has 0 radical (unpaired) electrons. The van der Waals surface area contributed by atoms with E-state index in [2.05, 4.69) is 10.6 Å². The number of rotatable bonds is 6. The highest BCUT2D eigenvalue weighted by molar-refractivity contribution is 6.03. The Morgan fingerprint density at radius 3 is 2.90 bits per heavy atom. The van der Waals surface area contributed by atoms with Crippen LogP contribution in [0.3, 0.4) is 0 Å². The van der Waals surface area contributed by atoms with Crippen LogP contribution in [0.2, 0.25) is 0 Å². The molecular weight excluding hydrogens is 383 g/mol. The number of halogens is 1. The van der Waals surface area contributed by atoms with Crippen LogP contribution in [0.4, 0.5) is 4.39 Å². The van der Waals surface area contributed by atoms with Crippen molar-refractivity contribution in [1.29, 1.82) is 0 Å². The van der Waals surface area contributed by atoms with Gasteiger partial charge in [0.25, 0.3) is 5.91 Å². The fourth-order valence-electron chi connectivity index (χ4n) is 3.80. The van der Waals surface area contributed by atoms with Gasteiger partial charge in [-0.05, 0) is 47.0 Å². The Balaban J connectivity index is 1.53. The van der Waals surface area contributed by atoms with Gasteiger partial charge in [0.15, 0.2) is 0 Å². The van der Waals surface area contributed by atoms with Crippen LogP contribution in [-0.4, -0.2) is 45.4 Å². The summed E-state index contributed by atoms with van der Waals surface area (Å²) in [5, 5.41) is 8.17. The number of fused-ring (bicyclic) bond motifs is 1. The molecule has 1 unspecified atom stereocenters. The summed E-state index contributed by atoms with van der Waals surface area (Å²) in [5.41, 5.74) is 2.34. The van der Waals surface area contributed by atoms with Crippen molar-refractivity contribution in [3.05, 3.63) is 66.0 Å². The van der Waals surface area contributed by atoms with Crippen molar-refractivity contribution in [2.24, 2.45) is 0 Å². The Morgan fingerprint density at radius 2 is 2.10 bits per heavy atom. The normalized spacial score (nSPS) is 16.4. The quantitative estimate of drug-likeness (QED) is 0.652. The minimum atomic E-state index is -0.343. The average Bonchev–Trinajstić information content (AvgIpc) is 2.79. The van der Waals surface area contributed by atoms with E-state index in [1.807, 2.05) is 36.4 Å². The van der Waals surface area contributed by atoms with Crippen LogP contribution in [0.5, 0.6) is 5.75 Å². The summed E-state index contributed by atoms with van der Waals surface area (Å²) >= 11 is 0. The third-order valence-electron chi connectivity index (χ3n) is 5.35. The van der Waals surface area contributed by atoms with E-state index >= 15 is 0 Å². The second kappa shape index (κ2) is 9.24. The largest absolute Gasteiger partial charge is 0.496 e. The number of hydrogen-bond donors (Lipinski definition) is 2. The molecule has 1 aliphatic rings. The molecule has 1 amide bonds. The zero-order valence-electron chi connectivity index (χ0n) is 16.9. The zero-order valence-corrected chi connectivity index (χ0v) is 16.9. The fraction of sp³-hybridized carbons (Fsp3) is 0.292. The monoisotopic (exact) mass is 408 g/mol. The maximum Gasteiger partial charge on any atom is 0.251 e. The smallest absolute Gasteiger partial charge is 0.251 e. The summed E-state index contributed by atoms with van der Waals surface area (Å²) in [7, 11) is 1.53. The van der Waals surface area contributed by atoms with Gasteiger partial charge in [0.2, 0.25) is 0 Å².